The zero-order chi connectivity index (χ0) is 14.9. The third-order valence-corrected chi connectivity index (χ3v) is 4.14. The van der Waals surface area contributed by atoms with E-state index in [-0.39, 0.29) is 29.0 Å². The Kier molecular flexibility index (Phi) is 3.22. The van der Waals surface area contributed by atoms with Crippen molar-refractivity contribution >= 4 is 27.6 Å². The van der Waals surface area contributed by atoms with Crippen LogP contribution >= 0.6 is 0 Å². The molecule has 0 fully saturated rings. The first-order chi connectivity index (χ1) is 10.0. The molecule has 0 radical (unpaired) electrons. The van der Waals surface area contributed by atoms with Crippen molar-refractivity contribution in [3.05, 3.63) is 42.5 Å². The third kappa shape index (κ3) is 2.79. The number of benzene rings is 1. The molecule has 2 N–H and O–H groups in total. The van der Waals surface area contributed by atoms with Gasteiger partial charge in [-0.1, -0.05) is 18.2 Å². The van der Waals surface area contributed by atoms with Gasteiger partial charge in [0.2, 0.25) is 0 Å². The van der Waals surface area contributed by atoms with Gasteiger partial charge >= 0.3 is 0 Å². The fourth-order valence-electron chi connectivity index (χ4n) is 1.82. The average Bonchev–Trinajstić information content (AvgIpc) is 2.47. The van der Waals surface area contributed by atoms with E-state index in [9.17, 15) is 13.2 Å². The van der Waals surface area contributed by atoms with E-state index in [4.69, 9.17) is 4.74 Å². The Hall–Kier alpha value is -2.61. The first-order valence-corrected chi connectivity index (χ1v) is 7.54. The van der Waals surface area contributed by atoms with Crippen LogP contribution in [0.5, 0.6) is 5.75 Å². The molecule has 0 spiro atoms. The zero-order valence-corrected chi connectivity index (χ0v) is 11.6. The topological polar surface area (TPSA) is 97.4 Å². The van der Waals surface area contributed by atoms with Crippen LogP contribution in [0.4, 0.5) is 11.6 Å². The Morgan fingerprint density at radius 3 is 2.67 bits per heavy atom. The van der Waals surface area contributed by atoms with Crippen molar-refractivity contribution in [1.29, 1.82) is 0 Å². The number of aromatic nitrogens is 1. The minimum absolute atomic E-state index is 0.0796. The lowest BCUT2D eigenvalue weighted by Gasteiger charge is -2.17. The summed E-state index contributed by atoms with van der Waals surface area (Å²) < 4.78 is 31.8. The second-order valence-electron chi connectivity index (χ2n) is 4.30. The molecule has 108 valence electrons. The molecule has 0 atom stereocenters. The number of carbonyl (C=O) groups excluding carboxylic acids is 1. The van der Waals surface area contributed by atoms with Gasteiger partial charge in [-0.25, -0.2) is 13.4 Å². The normalized spacial score (nSPS) is 13.8. The van der Waals surface area contributed by atoms with Crippen LogP contribution in [-0.4, -0.2) is 25.9 Å². The molecule has 1 aliphatic rings. The van der Waals surface area contributed by atoms with E-state index in [1.54, 1.807) is 24.3 Å². The number of pyridine rings is 1. The lowest BCUT2D eigenvalue weighted by atomic mass is 10.3. The minimum atomic E-state index is -3.72. The number of carbonyl (C=O) groups is 1. The molecule has 0 unspecified atom stereocenters. The molecule has 0 saturated heterocycles. The summed E-state index contributed by atoms with van der Waals surface area (Å²) in [5, 5.41) is 2.52. The van der Waals surface area contributed by atoms with E-state index < -0.39 is 10.0 Å². The van der Waals surface area contributed by atoms with Gasteiger partial charge in [0, 0.05) is 0 Å². The highest BCUT2D eigenvalue weighted by Gasteiger charge is 2.19. The summed E-state index contributed by atoms with van der Waals surface area (Å²) in [6.07, 6.45) is 0. The summed E-state index contributed by atoms with van der Waals surface area (Å²) in [5.41, 5.74) is 0. The largest absolute Gasteiger partial charge is 0.480 e. The first-order valence-electron chi connectivity index (χ1n) is 6.06. The molecular formula is C13H11N3O4S. The summed E-state index contributed by atoms with van der Waals surface area (Å²) in [4.78, 5) is 15.4. The standard InChI is InChI=1S/C13H11N3O4S/c17-12-8-20-10-6-7-11(14-13(10)15-12)16-21(18,19)9-4-2-1-3-5-9/h1-7H,8H2,(H2,14,15,16,17). The molecule has 0 bridgehead atoms. The molecule has 2 heterocycles. The summed E-state index contributed by atoms with van der Waals surface area (Å²) >= 11 is 0. The summed E-state index contributed by atoms with van der Waals surface area (Å²) in [6.45, 7) is -0.0796. The number of anilines is 2. The molecule has 3 rings (SSSR count). The maximum atomic E-state index is 12.2. The van der Waals surface area contributed by atoms with Gasteiger partial charge in [0.1, 0.15) is 5.82 Å². The van der Waals surface area contributed by atoms with Gasteiger partial charge in [0.05, 0.1) is 4.90 Å². The van der Waals surface area contributed by atoms with Crippen LogP contribution < -0.4 is 14.8 Å². The van der Waals surface area contributed by atoms with Gasteiger partial charge in [0.15, 0.2) is 18.2 Å². The number of nitrogens with zero attached hydrogens (tertiary/aromatic N) is 1. The Morgan fingerprint density at radius 1 is 1.14 bits per heavy atom. The van der Waals surface area contributed by atoms with Gasteiger partial charge in [-0.05, 0) is 24.3 Å². The van der Waals surface area contributed by atoms with Crippen molar-refractivity contribution in [3.8, 4) is 5.75 Å². The number of fused-ring (bicyclic) bond motifs is 1. The van der Waals surface area contributed by atoms with Crippen LogP contribution in [-0.2, 0) is 14.8 Å². The number of ether oxygens (including phenoxy) is 1. The van der Waals surface area contributed by atoms with Gasteiger partial charge in [-0.15, -0.1) is 0 Å². The number of nitrogens with one attached hydrogen (secondary N) is 2. The van der Waals surface area contributed by atoms with Crippen molar-refractivity contribution < 1.29 is 17.9 Å². The predicted octanol–water partition coefficient (Wildman–Crippen LogP) is 1.21. The van der Waals surface area contributed by atoms with Crippen LogP contribution in [0.2, 0.25) is 0 Å². The molecule has 7 nitrogen and oxygen atoms in total. The molecular weight excluding hydrogens is 294 g/mol. The second-order valence-corrected chi connectivity index (χ2v) is 5.98. The molecule has 2 aromatic rings. The van der Waals surface area contributed by atoms with E-state index in [1.807, 2.05) is 0 Å². The van der Waals surface area contributed by atoms with Crippen molar-refractivity contribution in [2.75, 3.05) is 16.6 Å². The number of hydrogen-bond acceptors (Lipinski definition) is 5. The highest BCUT2D eigenvalue weighted by Crippen LogP contribution is 2.27. The highest BCUT2D eigenvalue weighted by atomic mass is 32.2. The number of rotatable bonds is 3. The molecule has 0 aliphatic carbocycles. The van der Waals surface area contributed by atoms with E-state index in [2.05, 4.69) is 15.0 Å². The maximum absolute atomic E-state index is 12.2. The van der Waals surface area contributed by atoms with Crippen molar-refractivity contribution in [2.45, 2.75) is 4.90 Å². The summed E-state index contributed by atoms with van der Waals surface area (Å²) in [6, 6.07) is 11.0. The lowest BCUT2D eigenvalue weighted by molar-refractivity contribution is -0.118. The van der Waals surface area contributed by atoms with Gasteiger partial charge < -0.3 is 10.1 Å². The molecule has 8 heteroatoms. The van der Waals surface area contributed by atoms with Crippen LogP contribution in [0.1, 0.15) is 0 Å². The summed E-state index contributed by atoms with van der Waals surface area (Å²) in [7, 11) is -3.72. The molecule has 1 aromatic heterocycles. The highest BCUT2D eigenvalue weighted by molar-refractivity contribution is 7.92. The van der Waals surface area contributed by atoms with Crippen LogP contribution in [0.3, 0.4) is 0 Å². The van der Waals surface area contributed by atoms with Gasteiger partial charge in [-0.3, -0.25) is 9.52 Å². The molecule has 0 saturated carbocycles. The second kappa shape index (κ2) is 5.06. The van der Waals surface area contributed by atoms with Crippen molar-refractivity contribution in [3.63, 3.8) is 0 Å². The van der Waals surface area contributed by atoms with E-state index in [0.29, 0.717) is 5.75 Å². The Bertz CT molecular complexity index is 790. The fourth-order valence-corrected chi connectivity index (χ4v) is 2.84. The van der Waals surface area contributed by atoms with Gasteiger partial charge in [0.25, 0.3) is 15.9 Å². The monoisotopic (exact) mass is 305 g/mol. The quantitative estimate of drug-likeness (QED) is 0.888. The zero-order valence-electron chi connectivity index (χ0n) is 10.7. The van der Waals surface area contributed by atoms with Crippen LogP contribution in [0.25, 0.3) is 0 Å². The third-order valence-electron chi connectivity index (χ3n) is 2.77. The molecule has 1 amide bonds. The SMILES string of the molecule is O=C1COc2ccc(NS(=O)(=O)c3ccccc3)nc2N1. The van der Waals surface area contributed by atoms with Gasteiger partial charge in [-0.2, -0.15) is 0 Å². The predicted molar refractivity (Wildman–Crippen MR) is 75.6 cm³/mol. The van der Waals surface area contributed by atoms with E-state index >= 15 is 0 Å². The molecule has 1 aliphatic heterocycles. The molecule has 21 heavy (non-hydrogen) atoms. The van der Waals surface area contributed by atoms with Crippen LogP contribution in [0.15, 0.2) is 47.4 Å². The van der Waals surface area contributed by atoms with Crippen molar-refractivity contribution in [2.24, 2.45) is 0 Å². The minimum Gasteiger partial charge on any atom is -0.480 e. The summed E-state index contributed by atoms with van der Waals surface area (Å²) in [5.74, 6) is 0.359. The smallest absolute Gasteiger partial charge is 0.263 e. The van der Waals surface area contributed by atoms with Crippen molar-refractivity contribution in [1.82, 2.24) is 4.98 Å². The van der Waals surface area contributed by atoms with Crippen LogP contribution in [0, 0.1) is 0 Å². The number of hydrogen-bond donors (Lipinski definition) is 2. The van der Waals surface area contributed by atoms with E-state index in [0.717, 1.165) is 0 Å². The maximum Gasteiger partial charge on any atom is 0.263 e. The Labute approximate surface area is 121 Å². The fraction of sp³-hybridized carbons (Fsp3) is 0.0769. The first kappa shape index (κ1) is 13.4. The number of sulfonamides is 1. The molecule has 1 aromatic carbocycles. The van der Waals surface area contributed by atoms with E-state index in [1.165, 1.54) is 18.2 Å². The average molecular weight is 305 g/mol. The Balaban J connectivity index is 1.89. The Morgan fingerprint density at radius 2 is 1.90 bits per heavy atom. The number of amides is 1. The lowest BCUT2D eigenvalue weighted by Crippen LogP contribution is -2.26.